The highest BCUT2D eigenvalue weighted by atomic mass is 16.1. The quantitative estimate of drug-likeness (QED) is 0.783. The molecule has 1 N–H and O–H groups in total. The molecule has 0 saturated heterocycles. The van der Waals surface area contributed by atoms with Crippen LogP contribution in [0.2, 0.25) is 0 Å². The summed E-state index contributed by atoms with van der Waals surface area (Å²) in [6.07, 6.45) is 2.78. The van der Waals surface area contributed by atoms with Gasteiger partial charge in [0, 0.05) is 18.3 Å². The van der Waals surface area contributed by atoms with Crippen molar-refractivity contribution >= 4 is 11.7 Å². The maximum atomic E-state index is 12.0. The van der Waals surface area contributed by atoms with Crippen LogP contribution in [0.25, 0.3) is 5.69 Å². The summed E-state index contributed by atoms with van der Waals surface area (Å²) in [5.74, 6) is 0.554. The third-order valence-corrected chi connectivity index (χ3v) is 3.76. The van der Waals surface area contributed by atoms with Crippen LogP contribution in [-0.4, -0.2) is 20.7 Å². The van der Waals surface area contributed by atoms with E-state index in [2.05, 4.69) is 21.5 Å². The zero-order valence-electron chi connectivity index (χ0n) is 13.9. The van der Waals surface area contributed by atoms with Crippen LogP contribution in [0.15, 0.2) is 54.7 Å². The van der Waals surface area contributed by atoms with Crippen LogP contribution < -0.4 is 5.32 Å². The summed E-state index contributed by atoms with van der Waals surface area (Å²) >= 11 is 0. The topological polar surface area (TPSA) is 59.8 Å². The molecule has 0 aliphatic carbocycles. The summed E-state index contributed by atoms with van der Waals surface area (Å²) in [6, 6.07) is 15.6. The SMILES string of the molecule is Cc1cc(C)n(-c2ccc(CCC(=O)Nc3ccccn3)cc2)n1. The van der Waals surface area contributed by atoms with Crippen LogP contribution in [0.4, 0.5) is 5.82 Å². The Hall–Kier alpha value is -2.95. The zero-order chi connectivity index (χ0) is 16.9. The Kier molecular flexibility index (Phi) is 4.70. The van der Waals surface area contributed by atoms with Crippen LogP contribution in [0, 0.1) is 13.8 Å². The second kappa shape index (κ2) is 7.08. The Morgan fingerprint density at radius 1 is 1.12 bits per heavy atom. The van der Waals surface area contributed by atoms with E-state index < -0.39 is 0 Å². The lowest BCUT2D eigenvalue weighted by Crippen LogP contribution is -2.13. The number of carbonyl (C=O) groups excluding carboxylic acids is 1. The Bertz CT molecular complexity index is 822. The van der Waals surface area contributed by atoms with Gasteiger partial charge in [0.1, 0.15) is 5.82 Å². The van der Waals surface area contributed by atoms with Gasteiger partial charge in [0.2, 0.25) is 5.91 Å². The molecule has 0 unspecified atom stereocenters. The van der Waals surface area contributed by atoms with Crippen molar-refractivity contribution < 1.29 is 4.79 Å². The molecule has 122 valence electrons. The lowest BCUT2D eigenvalue weighted by molar-refractivity contribution is -0.116. The van der Waals surface area contributed by atoms with Crippen LogP contribution >= 0.6 is 0 Å². The summed E-state index contributed by atoms with van der Waals surface area (Å²) in [6.45, 7) is 4.02. The van der Waals surface area contributed by atoms with Crippen molar-refractivity contribution in [2.75, 3.05) is 5.32 Å². The maximum Gasteiger partial charge on any atom is 0.225 e. The second-order valence-corrected chi connectivity index (χ2v) is 5.77. The van der Waals surface area contributed by atoms with Gasteiger partial charge in [0.15, 0.2) is 0 Å². The molecular weight excluding hydrogens is 300 g/mol. The van der Waals surface area contributed by atoms with Gasteiger partial charge in [-0.05, 0) is 56.2 Å². The van der Waals surface area contributed by atoms with E-state index in [-0.39, 0.29) is 5.91 Å². The van der Waals surface area contributed by atoms with E-state index in [0.29, 0.717) is 18.7 Å². The molecule has 5 heteroatoms. The molecule has 2 aromatic heterocycles. The first-order valence-electron chi connectivity index (χ1n) is 7.95. The number of hydrogen-bond donors (Lipinski definition) is 1. The third kappa shape index (κ3) is 3.87. The van der Waals surface area contributed by atoms with Crippen molar-refractivity contribution in [2.24, 2.45) is 0 Å². The zero-order valence-corrected chi connectivity index (χ0v) is 13.9. The molecule has 24 heavy (non-hydrogen) atoms. The van der Waals surface area contributed by atoms with Gasteiger partial charge in [-0.25, -0.2) is 9.67 Å². The fraction of sp³-hybridized carbons (Fsp3) is 0.211. The van der Waals surface area contributed by atoms with Gasteiger partial charge in [-0.3, -0.25) is 4.79 Å². The average Bonchev–Trinajstić information content (AvgIpc) is 2.93. The minimum absolute atomic E-state index is 0.0312. The number of nitrogens with one attached hydrogen (secondary N) is 1. The van der Waals surface area contributed by atoms with Crippen molar-refractivity contribution in [2.45, 2.75) is 26.7 Å². The van der Waals surface area contributed by atoms with Gasteiger partial charge < -0.3 is 5.32 Å². The van der Waals surface area contributed by atoms with Crippen molar-refractivity contribution in [3.63, 3.8) is 0 Å². The molecule has 0 atom stereocenters. The predicted molar refractivity (Wildman–Crippen MR) is 94.2 cm³/mol. The summed E-state index contributed by atoms with van der Waals surface area (Å²) in [4.78, 5) is 16.0. The average molecular weight is 320 g/mol. The van der Waals surface area contributed by atoms with E-state index in [9.17, 15) is 4.79 Å². The van der Waals surface area contributed by atoms with Gasteiger partial charge >= 0.3 is 0 Å². The van der Waals surface area contributed by atoms with Gasteiger partial charge in [-0.2, -0.15) is 5.10 Å². The van der Waals surface area contributed by atoms with E-state index >= 15 is 0 Å². The first-order valence-corrected chi connectivity index (χ1v) is 7.95. The van der Waals surface area contributed by atoms with E-state index in [1.807, 2.05) is 54.9 Å². The molecule has 0 saturated carbocycles. The third-order valence-electron chi connectivity index (χ3n) is 3.76. The van der Waals surface area contributed by atoms with Crippen LogP contribution in [0.1, 0.15) is 23.4 Å². The number of nitrogens with zero attached hydrogens (tertiary/aromatic N) is 3. The summed E-state index contributed by atoms with van der Waals surface area (Å²) in [7, 11) is 0. The highest BCUT2D eigenvalue weighted by molar-refractivity contribution is 5.89. The number of benzene rings is 1. The highest BCUT2D eigenvalue weighted by Crippen LogP contribution is 2.14. The van der Waals surface area contributed by atoms with Crippen LogP contribution in [0.5, 0.6) is 0 Å². The van der Waals surface area contributed by atoms with E-state index in [1.165, 1.54) is 0 Å². The molecule has 0 aliphatic heterocycles. The molecule has 2 heterocycles. The van der Waals surface area contributed by atoms with E-state index in [1.54, 1.807) is 12.3 Å². The molecule has 3 aromatic rings. The summed E-state index contributed by atoms with van der Waals surface area (Å²) in [5.41, 5.74) is 4.26. The minimum Gasteiger partial charge on any atom is -0.311 e. The van der Waals surface area contributed by atoms with Crippen molar-refractivity contribution in [3.8, 4) is 5.69 Å². The molecule has 0 bridgehead atoms. The Morgan fingerprint density at radius 3 is 2.54 bits per heavy atom. The van der Waals surface area contributed by atoms with Gasteiger partial charge in [0.25, 0.3) is 0 Å². The molecule has 0 radical (unpaired) electrons. The molecule has 0 spiro atoms. The molecule has 3 rings (SSSR count). The largest absolute Gasteiger partial charge is 0.311 e. The van der Waals surface area contributed by atoms with Crippen molar-refractivity contribution in [3.05, 3.63) is 71.7 Å². The number of hydrogen-bond acceptors (Lipinski definition) is 3. The van der Waals surface area contributed by atoms with Crippen molar-refractivity contribution in [1.82, 2.24) is 14.8 Å². The first-order chi connectivity index (χ1) is 11.6. The van der Waals surface area contributed by atoms with Crippen LogP contribution in [0.3, 0.4) is 0 Å². The maximum absolute atomic E-state index is 12.0. The van der Waals surface area contributed by atoms with Gasteiger partial charge in [0.05, 0.1) is 11.4 Å². The fourth-order valence-electron chi connectivity index (χ4n) is 2.59. The molecule has 5 nitrogen and oxygen atoms in total. The molecule has 0 aliphatic rings. The number of anilines is 1. The smallest absolute Gasteiger partial charge is 0.225 e. The number of pyridine rings is 1. The number of carbonyl (C=O) groups is 1. The monoisotopic (exact) mass is 320 g/mol. The molecule has 0 fully saturated rings. The summed E-state index contributed by atoms with van der Waals surface area (Å²) < 4.78 is 1.92. The van der Waals surface area contributed by atoms with E-state index in [0.717, 1.165) is 22.6 Å². The Labute approximate surface area is 141 Å². The number of rotatable bonds is 5. The van der Waals surface area contributed by atoms with Gasteiger partial charge in [-0.1, -0.05) is 18.2 Å². The normalized spacial score (nSPS) is 10.6. The number of amides is 1. The fourth-order valence-corrected chi connectivity index (χ4v) is 2.59. The minimum atomic E-state index is -0.0312. The van der Waals surface area contributed by atoms with E-state index in [4.69, 9.17) is 0 Å². The molecular formula is C19H20N4O. The lowest BCUT2D eigenvalue weighted by atomic mass is 10.1. The first kappa shape index (κ1) is 15.9. The second-order valence-electron chi connectivity index (χ2n) is 5.77. The van der Waals surface area contributed by atoms with Crippen LogP contribution in [-0.2, 0) is 11.2 Å². The molecule has 1 amide bonds. The standard InChI is InChI=1S/C19H20N4O/c1-14-13-15(2)23(22-14)17-9-6-16(7-10-17)8-11-19(24)21-18-5-3-4-12-20-18/h3-7,9-10,12-13H,8,11H2,1-2H3,(H,20,21,24). The van der Waals surface area contributed by atoms with Crippen molar-refractivity contribution in [1.29, 1.82) is 0 Å². The lowest BCUT2D eigenvalue weighted by Gasteiger charge is -2.07. The van der Waals surface area contributed by atoms with Gasteiger partial charge in [-0.15, -0.1) is 0 Å². The Morgan fingerprint density at radius 2 is 1.92 bits per heavy atom. The molecule has 1 aromatic carbocycles. The highest BCUT2D eigenvalue weighted by Gasteiger charge is 2.06. The number of aromatic nitrogens is 3. The predicted octanol–water partition coefficient (Wildman–Crippen LogP) is 3.46. The summed E-state index contributed by atoms with van der Waals surface area (Å²) in [5, 5.41) is 7.27. The number of aryl methyl sites for hydroxylation is 3. The Balaban J connectivity index is 1.58.